The number of nitrogens with zero attached hydrogens (tertiary/aromatic N) is 4. The summed E-state index contributed by atoms with van der Waals surface area (Å²) in [7, 11) is 0. The lowest BCUT2D eigenvalue weighted by Gasteiger charge is -2.34. The lowest BCUT2D eigenvalue weighted by molar-refractivity contribution is 0.108. The van der Waals surface area contributed by atoms with Crippen LogP contribution in [0.1, 0.15) is 32.4 Å². The quantitative estimate of drug-likeness (QED) is 0.697. The fraction of sp³-hybridized carbons (Fsp3) is 0.389. The minimum absolute atomic E-state index is 0.0272. The van der Waals surface area contributed by atoms with Crippen LogP contribution in [0.2, 0.25) is 0 Å². The summed E-state index contributed by atoms with van der Waals surface area (Å²) in [6.07, 6.45) is 3.69. The molecule has 4 rings (SSSR count). The SMILES string of the molecule is CC(C)(C)[C@@]1([C@@H](c2cccnc2)n2nnc3ccccc32)CO1. The third kappa shape index (κ3) is 2.15. The largest absolute Gasteiger partial charge is 0.366 e. The number of pyridine rings is 1. The molecule has 23 heavy (non-hydrogen) atoms. The van der Waals surface area contributed by atoms with Crippen LogP contribution in [0.3, 0.4) is 0 Å². The molecule has 0 amide bonds. The van der Waals surface area contributed by atoms with E-state index in [1.54, 1.807) is 6.20 Å². The molecular weight excluding hydrogens is 288 g/mol. The van der Waals surface area contributed by atoms with E-state index < -0.39 is 0 Å². The van der Waals surface area contributed by atoms with Gasteiger partial charge in [-0.25, -0.2) is 4.68 Å². The molecule has 2 atom stereocenters. The zero-order chi connectivity index (χ0) is 16.1. The van der Waals surface area contributed by atoms with Crippen molar-refractivity contribution in [1.82, 2.24) is 20.0 Å². The number of benzene rings is 1. The number of hydrogen-bond acceptors (Lipinski definition) is 4. The van der Waals surface area contributed by atoms with E-state index in [0.29, 0.717) is 6.61 Å². The summed E-state index contributed by atoms with van der Waals surface area (Å²) in [5, 5.41) is 8.78. The summed E-state index contributed by atoms with van der Waals surface area (Å²) < 4.78 is 8.02. The van der Waals surface area contributed by atoms with Crippen LogP contribution in [0.4, 0.5) is 0 Å². The van der Waals surface area contributed by atoms with Crippen molar-refractivity contribution in [2.24, 2.45) is 5.41 Å². The van der Waals surface area contributed by atoms with Crippen molar-refractivity contribution < 1.29 is 4.74 Å². The van der Waals surface area contributed by atoms with Crippen LogP contribution in [0.25, 0.3) is 11.0 Å². The van der Waals surface area contributed by atoms with Gasteiger partial charge in [-0.05, 0) is 29.2 Å². The van der Waals surface area contributed by atoms with Crippen LogP contribution in [0, 0.1) is 5.41 Å². The van der Waals surface area contributed by atoms with E-state index in [-0.39, 0.29) is 17.1 Å². The predicted octanol–water partition coefficient (Wildman–Crippen LogP) is 3.23. The number of rotatable bonds is 3. The van der Waals surface area contributed by atoms with Crippen molar-refractivity contribution in [3.63, 3.8) is 0 Å². The van der Waals surface area contributed by atoms with E-state index in [1.807, 2.05) is 35.1 Å². The van der Waals surface area contributed by atoms with Crippen molar-refractivity contribution in [3.05, 3.63) is 54.4 Å². The lowest BCUT2D eigenvalue weighted by atomic mass is 9.74. The molecule has 1 fully saturated rings. The van der Waals surface area contributed by atoms with Crippen molar-refractivity contribution in [2.45, 2.75) is 32.4 Å². The number of aromatic nitrogens is 4. The lowest BCUT2D eigenvalue weighted by Crippen LogP contribution is -2.40. The Hall–Kier alpha value is -2.27. The fourth-order valence-corrected chi connectivity index (χ4v) is 3.30. The van der Waals surface area contributed by atoms with E-state index in [9.17, 15) is 0 Å². The van der Waals surface area contributed by atoms with Crippen molar-refractivity contribution in [1.29, 1.82) is 0 Å². The average Bonchev–Trinajstić information content (AvgIpc) is 3.24. The van der Waals surface area contributed by atoms with Crippen LogP contribution in [0.5, 0.6) is 0 Å². The predicted molar refractivity (Wildman–Crippen MR) is 88.0 cm³/mol. The molecule has 0 N–H and O–H groups in total. The Morgan fingerprint density at radius 2 is 1.96 bits per heavy atom. The minimum atomic E-state index is -0.299. The number of epoxide rings is 1. The second-order valence-electron chi connectivity index (χ2n) is 7.14. The molecule has 5 nitrogen and oxygen atoms in total. The Morgan fingerprint density at radius 1 is 1.17 bits per heavy atom. The number of ether oxygens (including phenoxy) is 1. The van der Waals surface area contributed by atoms with Crippen molar-refractivity contribution >= 4 is 11.0 Å². The molecule has 2 aromatic heterocycles. The van der Waals surface area contributed by atoms with Crippen LogP contribution in [-0.4, -0.2) is 32.2 Å². The Kier molecular flexibility index (Phi) is 3.03. The van der Waals surface area contributed by atoms with Gasteiger partial charge in [-0.3, -0.25) is 4.98 Å². The topological polar surface area (TPSA) is 56.1 Å². The number of fused-ring (bicyclic) bond motifs is 1. The summed E-state index contributed by atoms with van der Waals surface area (Å²) in [6.45, 7) is 7.34. The van der Waals surface area contributed by atoms with Gasteiger partial charge >= 0.3 is 0 Å². The molecule has 118 valence electrons. The van der Waals surface area contributed by atoms with Gasteiger partial charge in [-0.1, -0.05) is 44.2 Å². The Labute approximate surface area is 135 Å². The average molecular weight is 308 g/mol. The summed E-state index contributed by atoms with van der Waals surface area (Å²) >= 11 is 0. The van der Waals surface area contributed by atoms with Crippen LogP contribution in [0.15, 0.2) is 48.8 Å². The molecule has 1 aromatic carbocycles. The maximum absolute atomic E-state index is 6.03. The van der Waals surface area contributed by atoms with E-state index in [1.165, 1.54) is 0 Å². The standard InChI is InChI=1S/C18H20N4O/c1-17(2,3)18(12-23-18)16(13-7-6-10-19-11-13)22-15-9-5-4-8-14(15)20-21-22/h4-11,16H,12H2,1-3H3/t16-,18+/m1/s1. The fourth-order valence-electron chi connectivity index (χ4n) is 3.30. The normalized spacial score (nSPS) is 22.2. The molecule has 3 aromatic rings. The van der Waals surface area contributed by atoms with Crippen LogP contribution >= 0.6 is 0 Å². The third-order valence-corrected chi connectivity index (χ3v) is 4.79. The van der Waals surface area contributed by atoms with Gasteiger partial charge in [-0.15, -0.1) is 5.10 Å². The first-order valence-corrected chi connectivity index (χ1v) is 7.87. The molecule has 0 bridgehead atoms. The zero-order valence-electron chi connectivity index (χ0n) is 13.6. The van der Waals surface area contributed by atoms with Gasteiger partial charge in [0, 0.05) is 12.4 Å². The van der Waals surface area contributed by atoms with E-state index in [0.717, 1.165) is 16.6 Å². The molecule has 0 aliphatic carbocycles. The maximum atomic E-state index is 6.03. The van der Waals surface area contributed by atoms with Crippen molar-refractivity contribution in [2.75, 3.05) is 6.61 Å². The molecule has 1 saturated heterocycles. The summed E-state index contributed by atoms with van der Waals surface area (Å²) in [5.41, 5.74) is 2.68. The molecule has 0 radical (unpaired) electrons. The second kappa shape index (κ2) is 4.86. The highest BCUT2D eigenvalue weighted by Crippen LogP contribution is 2.54. The Balaban J connectivity index is 1.94. The van der Waals surface area contributed by atoms with E-state index >= 15 is 0 Å². The van der Waals surface area contributed by atoms with Gasteiger partial charge in [-0.2, -0.15) is 0 Å². The maximum Gasteiger partial charge on any atom is 0.123 e. The number of hydrogen-bond donors (Lipinski definition) is 0. The van der Waals surface area contributed by atoms with Gasteiger partial charge < -0.3 is 4.74 Å². The highest BCUT2D eigenvalue weighted by Gasteiger charge is 2.61. The van der Waals surface area contributed by atoms with Crippen molar-refractivity contribution in [3.8, 4) is 0 Å². The second-order valence-corrected chi connectivity index (χ2v) is 7.14. The monoisotopic (exact) mass is 308 g/mol. The smallest absolute Gasteiger partial charge is 0.123 e. The van der Waals surface area contributed by atoms with Crippen LogP contribution in [-0.2, 0) is 4.74 Å². The van der Waals surface area contributed by atoms with Gasteiger partial charge in [0.25, 0.3) is 0 Å². The van der Waals surface area contributed by atoms with Gasteiger partial charge in [0.2, 0.25) is 0 Å². The van der Waals surface area contributed by atoms with E-state index in [2.05, 4.69) is 48.2 Å². The van der Waals surface area contributed by atoms with Gasteiger partial charge in [0.15, 0.2) is 0 Å². The minimum Gasteiger partial charge on any atom is -0.366 e. The van der Waals surface area contributed by atoms with E-state index in [4.69, 9.17) is 4.74 Å². The highest BCUT2D eigenvalue weighted by atomic mass is 16.6. The molecule has 1 aliphatic rings. The molecule has 0 unspecified atom stereocenters. The summed E-state index contributed by atoms with van der Waals surface area (Å²) in [5.74, 6) is 0. The highest BCUT2D eigenvalue weighted by molar-refractivity contribution is 5.74. The molecule has 3 heterocycles. The first-order chi connectivity index (χ1) is 11.0. The zero-order valence-corrected chi connectivity index (χ0v) is 13.6. The van der Waals surface area contributed by atoms with Crippen LogP contribution < -0.4 is 0 Å². The molecule has 1 aliphatic heterocycles. The summed E-state index contributed by atoms with van der Waals surface area (Å²) in [4.78, 5) is 4.30. The molecule has 0 spiro atoms. The Bertz CT molecular complexity index is 831. The third-order valence-electron chi connectivity index (χ3n) is 4.79. The first-order valence-electron chi connectivity index (χ1n) is 7.87. The molecule has 5 heteroatoms. The summed E-state index contributed by atoms with van der Waals surface area (Å²) in [6, 6.07) is 12.0. The van der Waals surface area contributed by atoms with Gasteiger partial charge in [0.1, 0.15) is 17.2 Å². The molecule has 0 saturated carbocycles. The number of para-hydroxylation sites is 1. The first kappa shape index (κ1) is 14.3. The van der Waals surface area contributed by atoms with Gasteiger partial charge in [0.05, 0.1) is 12.1 Å². The molecular formula is C18H20N4O. The Morgan fingerprint density at radius 3 is 2.61 bits per heavy atom.